The number of Topliss-reactive ketones (excluding diaryl/α,β-unsaturated/α-hetero) is 1. The lowest BCUT2D eigenvalue weighted by molar-refractivity contribution is -0.148. The zero-order valence-corrected chi connectivity index (χ0v) is 29.9. The average Bonchev–Trinajstić information content (AvgIpc) is 3.03. The quantitative estimate of drug-likeness (QED) is 0.101. The van der Waals surface area contributed by atoms with Crippen LogP contribution in [0, 0.1) is 29.6 Å². The van der Waals surface area contributed by atoms with Crippen LogP contribution >= 0.6 is 0 Å². The number of aliphatic hydroxyl groups is 3. The number of carbonyl (C=O) groups excluding carboxylic acids is 2. The number of hydrogen-bond donors (Lipinski definition) is 3. The third-order valence-corrected chi connectivity index (χ3v) is 9.63. The summed E-state index contributed by atoms with van der Waals surface area (Å²) in [4.78, 5) is 25.2. The van der Waals surface area contributed by atoms with E-state index < -0.39 is 36.4 Å². The minimum absolute atomic E-state index is 0.0778. The highest BCUT2D eigenvalue weighted by molar-refractivity contribution is 5.83. The SMILES string of the molecule is C=CCC(/C=C(\C)CC(C)CC(OC)C(O)C(CC(C)C(=O)OC)OC)C(=O)CCC(C)C(O)/C(C)=C/C1CCC(O)C(OC)C1. The molecule has 266 valence electrons. The molecule has 9 heteroatoms. The molecule has 9 nitrogen and oxygen atoms in total. The van der Waals surface area contributed by atoms with Gasteiger partial charge in [-0.15, -0.1) is 6.58 Å². The van der Waals surface area contributed by atoms with Crippen molar-refractivity contribution in [3.63, 3.8) is 0 Å². The van der Waals surface area contributed by atoms with Crippen LogP contribution in [0.4, 0.5) is 0 Å². The number of ether oxygens (including phenoxy) is 4. The summed E-state index contributed by atoms with van der Waals surface area (Å²) in [5, 5.41) is 32.1. The van der Waals surface area contributed by atoms with Crippen LogP contribution in [-0.4, -0.2) is 92.1 Å². The van der Waals surface area contributed by atoms with E-state index in [1.165, 1.54) is 14.2 Å². The molecule has 11 unspecified atom stereocenters. The first kappa shape index (κ1) is 42.1. The summed E-state index contributed by atoms with van der Waals surface area (Å²) < 4.78 is 21.4. The molecule has 0 bridgehead atoms. The lowest BCUT2D eigenvalue weighted by atomic mass is 9.82. The Balaban J connectivity index is 2.76. The molecule has 11 atom stereocenters. The number of methoxy groups -OCH3 is 4. The molecule has 1 aliphatic rings. The van der Waals surface area contributed by atoms with Crippen LogP contribution in [0.1, 0.15) is 92.4 Å². The molecule has 0 aromatic carbocycles. The molecule has 0 aromatic rings. The fraction of sp³-hybridized carbons (Fsp3) is 0.784. The zero-order chi connectivity index (χ0) is 35.0. The molecule has 0 aromatic heterocycles. The average molecular weight is 653 g/mol. The molecule has 1 fully saturated rings. The van der Waals surface area contributed by atoms with Crippen molar-refractivity contribution in [3.8, 4) is 0 Å². The Kier molecular flexibility index (Phi) is 20.1. The monoisotopic (exact) mass is 652 g/mol. The molecule has 1 aliphatic carbocycles. The summed E-state index contributed by atoms with van der Waals surface area (Å²) >= 11 is 0. The number of allylic oxidation sites excluding steroid dienone is 4. The number of rotatable bonds is 22. The van der Waals surface area contributed by atoms with Crippen LogP contribution in [0.25, 0.3) is 0 Å². The molecule has 0 spiro atoms. The van der Waals surface area contributed by atoms with Gasteiger partial charge in [0.15, 0.2) is 0 Å². The van der Waals surface area contributed by atoms with Gasteiger partial charge in [-0.2, -0.15) is 0 Å². The molecular formula is C37H64O9. The van der Waals surface area contributed by atoms with E-state index >= 15 is 0 Å². The van der Waals surface area contributed by atoms with Gasteiger partial charge in [0.2, 0.25) is 0 Å². The standard InChI is InChI=1S/C37H64O9/c1-11-12-29(30(38)15-13-25(4)35(40)26(5)20-28-14-16-31(39)32(22-28)43-7)18-23(2)17-24(3)19-33(44-8)36(41)34(45-9)21-27(6)37(42)46-10/h11,18,20,24-25,27-29,31-36,39-41H,1,12-17,19,21-22H2,2-10H3/b23-18+,26-20+. The molecule has 3 N–H and O–H groups in total. The van der Waals surface area contributed by atoms with Gasteiger partial charge < -0.3 is 34.3 Å². The number of carbonyl (C=O) groups is 2. The lowest BCUT2D eigenvalue weighted by Crippen LogP contribution is -2.42. The molecule has 0 radical (unpaired) electrons. The Bertz CT molecular complexity index is 976. The summed E-state index contributed by atoms with van der Waals surface area (Å²) in [5.41, 5.74) is 1.98. The second-order valence-corrected chi connectivity index (χ2v) is 13.6. The molecule has 0 saturated heterocycles. The zero-order valence-electron chi connectivity index (χ0n) is 29.9. The molecule has 0 amide bonds. The first-order valence-electron chi connectivity index (χ1n) is 16.9. The second-order valence-electron chi connectivity index (χ2n) is 13.6. The summed E-state index contributed by atoms with van der Waals surface area (Å²) in [6.07, 6.45) is 8.06. The van der Waals surface area contributed by atoms with E-state index in [0.29, 0.717) is 38.5 Å². The normalized spacial score (nSPS) is 24.7. The van der Waals surface area contributed by atoms with Crippen molar-refractivity contribution >= 4 is 11.8 Å². The summed E-state index contributed by atoms with van der Waals surface area (Å²) in [6.45, 7) is 13.6. The van der Waals surface area contributed by atoms with E-state index in [9.17, 15) is 24.9 Å². The lowest BCUT2D eigenvalue weighted by Gasteiger charge is -2.31. The smallest absolute Gasteiger partial charge is 0.308 e. The Morgan fingerprint density at radius 2 is 1.61 bits per heavy atom. The fourth-order valence-corrected chi connectivity index (χ4v) is 6.73. The maximum atomic E-state index is 13.3. The van der Waals surface area contributed by atoms with Crippen LogP contribution in [0.15, 0.2) is 36.0 Å². The van der Waals surface area contributed by atoms with E-state index in [-0.39, 0.29) is 41.5 Å². The molecule has 1 rings (SSSR count). The van der Waals surface area contributed by atoms with Gasteiger partial charge in [0.1, 0.15) is 11.9 Å². The first-order chi connectivity index (χ1) is 21.7. The van der Waals surface area contributed by atoms with E-state index in [1.54, 1.807) is 27.2 Å². The van der Waals surface area contributed by atoms with E-state index in [0.717, 1.165) is 30.4 Å². The van der Waals surface area contributed by atoms with Crippen LogP contribution in [-0.2, 0) is 28.5 Å². The van der Waals surface area contributed by atoms with Gasteiger partial charge in [-0.3, -0.25) is 9.59 Å². The Morgan fingerprint density at radius 3 is 2.17 bits per heavy atom. The minimum atomic E-state index is -0.919. The van der Waals surface area contributed by atoms with Gasteiger partial charge in [0, 0.05) is 33.7 Å². The van der Waals surface area contributed by atoms with Crippen molar-refractivity contribution < 1.29 is 43.9 Å². The third-order valence-electron chi connectivity index (χ3n) is 9.63. The molecule has 46 heavy (non-hydrogen) atoms. The molecule has 1 saturated carbocycles. The van der Waals surface area contributed by atoms with E-state index in [1.807, 2.05) is 26.8 Å². The van der Waals surface area contributed by atoms with Crippen LogP contribution in [0.2, 0.25) is 0 Å². The van der Waals surface area contributed by atoms with E-state index in [2.05, 4.69) is 19.6 Å². The number of aliphatic hydroxyl groups excluding tert-OH is 3. The van der Waals surface area contributed by atoms with Crippen molar-refractivity contribution in [1.82, 2.24) is 0 Å². The van der Waals surface area contributed by atoms with Crippen LogP contribution in [0.3, 0.4) is 0 Å². The predicted octanol–water partition coefficient (Wildman–Crippen LogP) is 5.60. The Labute approximate surface area is 278 Å². The second kappa shape index (κ2) is 21.9. The van der Waals surface area contributed by atoms with Gasteiger partial charge in [0.05, 0.1) is 43.5 Å². The number of hydrogen-bond acceptors (Lipinski definition) is 9. The minimum Gasteiger partial charge on any atom is -0.469 e. The van der Waals surface area contributed by atoms with Gasteiger partial charge >= 0.3 is 5.97 Å². The van der Waals surface area contributed by atoms with Crippen LogP contribution in [0.5, 0.6) is 0 Å². The highest BCUT2D eigenvalue weighted by atomic mass is 16.5. The van der Waals surface area contributed by atoms with Crippen molar-refractivity contribution in [2.24, 2.45) is 29.6 Å². The molecule has 0 heterocycles. The summed E-state index contributed by atoms with van der Waals surface area (Å²) in [7, 11) is 6.04. The van der Waals surface area contributed by atoms with Crippen molar-refractivity contribution in [3.05, 3.63) is 36.0 Å². The van der Waals surface area contributed by atoms with Crippen molar-refractivity contribution in [2.75, 3.05) is 28.4 Å². The topological polar surface area (TPSA) is 132 Å². The largest absolute Gasteiger partial charge is 0.469 e. The third kappa shape index (κ3) is 14.1. The number of ketones is 1. The Hall–Kier alpha value is -1.88. The summed E-state index contributed by atoms with van der Waals surface area (Å²) in [6, 6.07) is 0. The molecular weight excluding hydrogens is 588 g/mol. The fourth-order valence-electron chi connectivity index (χ4n) is 6.73. The maximum Gasteiger partial charge on any atom is 0.308 e. The van der Waals surface area contributed by atoms with Gasteiger partial charge in [0.25, 0.3) is 0 Å². The van der Waals surface area contributed by atoms with Crippen molar-refractivity contribution in [1.29, 1.82) is 0 Å². The van der Waals surface area contributed by atoms with Gasteiger partial charge in [-0.1, -0.05) is 44.6 Å². The predicted molar refractivity (Wildman–Crippen MR) is 181 cm³/mol. The summed E-state index contributed by atoms with van der Waals surface area (Å²) in [5.74, 6) is -0.595. The Morgan fingerprint density at radius 1 is 0.978 bits per heavy atom. The van der Waals surface area contributed by atoms with Crippen molar-refractivity contribution in [2.45, 2.75) is 129 Å². The van der Waals surface area contributed by atoms with E-state index in [4.69, 9.17) is 18.9 Å². The maximum absolute atomic E-state index is 13.3. The van der Waals surface area contributed by atoms with Crippen LogP contribution < -0.4 is 0 Å². The highest BCUT2D eigenvalue weighted by Crippen LogP contribution is 2.30. The van der Waals surface area contributed by atoms with Gasteiger partial charge in [-0.05, 0) is 88.5 Å². The first-order valence-corrected chi connectivity index (χ1v) is 16.9. The highest BCUT2D eigenvalue weighted by Gasteiger charge is 2.32. The van der Waals surface area contributed by atoms with Gasteiger partial charge in [-0.25, -0.2) is 0 Å². The number of esters is 1. The molecule has 0 aliphatic heterocycles.